The Morgan fingerprint density at radius 2 is 0.871 bits per heavy atom. The lowest BCUT2D eigenvalue weighted by Gasteiger charge is -2.44. The van der Waals surface area contributed by atoms with Crippen LogP contribution in [0.25, 0.3) is 0 Å². The van der Waals surface area contributed by atoms with E-state index in [9.17, 15) is 0 Å². The molecule has 2 rings (SSSR count). The molecule has 0 aromatic heterocycles. The van der Waals surface area contributed by atoms with E-state index in [-0.39, 0.29) is 21.7 Å². The minimum atomic E-state index is -1.08. The summed E-state index contributed by atoms with van der Waals surface area (Å²) in [6.07, 6.45) is 0. The summed E-state index contributed by atoms with van der Waals surface area (Å²) in [5, 5.41) is 0. The molecule has 4 N–H and O–H groups in total. The first kappa shape index (κ1) is 25.6. The highest BCUT2D eigenvalue weighted by Gasteiger charge is 2.41. The van der Waals surface area contributed by atoms with E-state index < -0.39 is 5.66 Å². The molecule has 0 aliphatic carbocycles. The van der Waals surface area contributed by atoms with Gasteiger partial charge in [-0.05, 0) is 55.0 Å². The fourth-order valence-corrected chi connectivity index (χ4v) is 4.78. The summed E-state index contributed by atoms with van der Waals surface area (Å²) in [7, 11) is 0. The maximum atomic E-state index is 7.02. The third kappa shape index (κ3) is 5.07. The smallest absolute Gasteiger partial charge is 0.117 e. The van der Waals surface area contributed by atoms with Crippen LogP contribution >= 0.6 is 0 Å². The highest BCUT2D eigenvalue weighted by Crippen LogP contribution is 2.48. The van der Waals surface area contributed by atoms with Crippen molar-refractivity contribution >= 4 is 0 Å². The van der Waals surface area contributed by atoms with Crippen LogP contribution in [0.5, 0.6) is 0 Å². The van der Waals surface area contributed by atoms with Crippen molar-refractivity contribution in [3.63, 3.8) is 0 Å². The average molecular weight is 423 g/mol. The predicted molar refractivity (Wildman–Crippen MR) is 137 cm³/mol. The van der Waals surface area contributed by atoms with Crippen LogP contribution < -0.4 is 11.5 Å². The molecule has 0 bridgehead atoms. The van der Waals surface area contributed by atoms with Crippen LogP contribution in [0.2, 0.25) is 0 Å². The molecule has 0 atom stereocenters. The Bertz CT molecular complexity index is 922. The minimum Gasteiger partial charge on any atom is -0.306 e. The van der Waals surface area contributed by atoms with Gasteiger partial charge in [0.2, 0.25) is 0 Å². The molecule has 0 saturated heterocycles. The van der Waals surface area contributed by atoms with Gasteiger partial charge in [0.05, 0.1) is 0 Å². The Morgan fingerprint density at radius 1 is 0.484 bits per heavy atom. The highest BCUT2D eigenvalue weighted by atomic mass is 15.0. The van der Waals surface area contributed by atoms with E-state index in [2.05, 4.69) is 89.2 Å². The molecule has 2 aromatic rings. The molecule has 0 unspecified atom stereocenters. The van der Waals surface area contributed by atoms with E-state index >= 15 is 0 Å². The van der Waals surface area contributed by atoms with Crippen LogP contribution in [0.15, 0.2) is 36.4 Å². The zero-order chi connectivity index (χ0) is 24.2. The van der Waals surface area contributed by atoms with E-state index in [0.29, 0.717) is 0 Å². The Hall–Kier alpha value is -1.64. The molecule has 2 heteroatoms. The molecule has 172 valence electrons. The van der Waals surface area contributed by atoms with Crippen molar-refractivity contribution in [3.8, 4) is 0 Å². The molecule has 0 aliphatic rings. The van der Waals surface area contributed by atoms with Crippen molar-refractivity contribution in [2.45, 2.75) is 110 Å². The molecule has 0 spiro atoms. The molecule has 0 radical (unpaired) electrons. The van der Waals surface area contributed by atoms with Crippen LogP contribution in [0.1, 0.15) is 116 Å². The van der Waals surface area contributed by atoms with Gasteiger partial charge in [-0.15, -0.1) is 0 Å². The van der Waals surface area contributed by atoms with E-state index in [1.54, 1.807) is 0 Å². The Morgan fingerprint density at radius 3 is 1.23 bits per heavy atom. The summed E-state index contributed by atoms with van der Waals surface area (Å²) in [5.41, 5.74) is 20.1. The van der Waals surface area contributed by atoms with Crippen LogP contribution in [0.4, 0.5) is 0 Å². The SMILES string of the molecule is CC(C)(C)c1cc(C(N)(N)c2ccccc2)c(C(C)(C)C)c(C(C)(C)C)c1C(C)(C)C. The van der Waals surface area contributed by atoms with Crippen molar-refractivity contribution in [2.24, 2.45) is 11.5 Å². The zero-order valence-electron chi connectivity index (χ0n) is 22.1. The number of benzene rings is 2. The fraction of sp³-hybridized carbons (Fsp3) is 0.586. The van der Waals surface area contributed by atoms with Crippen molar-refractivity contribution < 1.29 is 0 Å². The lowest BCUT2D eigenvalue weighted by Crippen LogP contribution is -2.50. The Kier molecular flexibility index (Phi) is 6.40. The maximum Gasteiger partial charge on any atom is 0.117 e. The van der Waals surface area contributed by atoms with E-state index in [1.165, 1.54) is 22.3 Å². The first-order valence-electron chi connectivity index (χ1n) is 11.6. The van der Waals surface area contributed by atoms with Gasteiger partial charge in [0, 0.05) is 0 Å². The second-order valence-corrected chi connectivity index (χ2v) is 13.3. The molecule has 0 aliphatic heterocycles. The van der Waals surface area contributed by atoms with Gasteiger partial charge < -0.3 is 11.5 Å². The topological polar surface area (TPSA) is 52.0 Å². The van der Waals surface area contributed by atoms with Crippen molar-refractivity contribution in [1.29, 1.82) is 0 Å². The molecular weight excluding hydrogens is 376 g/mol. The second-order valence-electron chi connectivity index (χ2n) is 13.3. The van der Waals surface area contributed by atoms with Crippen LogP contribution in [-0.4, -0.2) is 0 Å². The van der Waals surface area contributed by atoms with Gasteiger partial charge in [0.1, 0.15) is 5.66 Å². The number of hydrogen-bond acceptors (Lipinski definition) is 2. The molecule has 0 fully saturated rings. The minimum absolute atomic E-state index is 0.0115. The van der Waals surface area contributed by atoms with Crippen molar-refractivity contribution in [2.75, 3.05) is 0 Å². The fourth-order valence-electron chi connectivity index (χ4n) is 4.78. The molecule has 0 amide bonds. The molecule has 0 heterocycles. The molecular formula is C29H46N2. The van der Waals surface area contributed by atoms with Crippen LogP contribution in [-0.2, 0) is 27.3 Å². The lowest BCUT2D eigenvalue weighted by atomic mass is 9.62. The summed E-state index contributed by atoms with van der Waals surface area (Å²) in [4.78, 5) is 0. The molecule has 2 aromatic carbocycles. The normalized spacial score (nSPS) is 14.1. The average Bonchev–Trinajstić information content (AvgIpc) is 2.57. The molecule has 31 heavy (non-hydrogen) atoms. The summed E-state index contributed by atoms with van der Waals surface area (Å²) in [6, 6.07) is 12.4. The quantitative estimate of drug-likeness (QED) is 0.512. The first-order valence-corrected chi connectivity index (χ1v) is 11.6. The van der Waals surface area contributed by atoms with E-state index in [1.807, 2.05) is 30.3 Å². The lowest BCUT2D eigenvalue weighted by molar-refractivity contribution is 0.457. The van der Waals surface area contributed by atoms with Gasteiger partial charge in [-0.25, -0.2) is 0 Å². The van der Waals surface area contributed by atoms with Gasteiger partial charge in [0.25, 0.3) is 0 Å². The van der Waals surface area contributed by atoms with Crippen LogP contribution in [0, 0.1) is 0 Å². The van der Waals surface area contributed by atoms with Gasteiger partial charge in [-0.1, -0.05) is 119 Å². The van der Waals surface area contributed by atoms with E-state index in [0.717, 1.165) is 11.1 Å². The number of rotatable bonds is 2. The van der Waals surface area contributed by atoms with Crippen molar-refractivity contribution in [3.05, 3.63) is 69.8 Å². The maximum absolute atomic E-state index is 7.02. The van der Waals surface area contributed by atoms with Crippen molar-refractivity contribution in [1.82, 2.24) is 0 Å². The van der Waals surface area contributed by atoms with Crippen LogP contribution in [0.3, 0.4) is 0 Å². The predicted octanol–water partition coefficient (Wildman–Crippen LogP) is 7.00. The van der Waals surface area contributed by atoms with E-state index in [4.69, 9.17) is 11.5 Å². The Balaban J connectivity index is 3.23. The van der Waals surface area contributed by atoms with Gasteiger partial charge in [-0.2, -0.15) is 0 Å². The monoisotopic (exact) mass is 422 g/mol. The zero-order valence-corrected chi connectivity index (χ0v) is 22.1. The largest absolute Gasteiger partial charge is 0.306 e. The first-order chi connectivity index (χ1) is 13.7. The summed E-state index contributed by atoms with van der Waals surface area (Å²) in [5.74, 6) is 0. The summed E-state index contributed by atoms with van der Waals surface area (Å²) in [6.45, 7) is 27.7. The molecule has 0 saturated carbocycles. The van der Waals surface area contributed by atoms with Gasteiger partial charge in [0.15, 0.2) is 0 Å². The third-order valence-electron chi connectivity index (χ3n) is 6.08. The standard InChI is InChI=1S/C29H46N2/c1-25(2,3)20-18-21(29(30,31)19-16-14-13-15-17-19)23(27(7,8)9)24(28(10,11)12)22(20)26(4,5)6/h13-18H,30-31H2,1-12H3. The number of nitrogens with two attached hydrogens (primary N) is 2. The highest BCUT2D eigenvalue weighted by molar-refractivity contribution is 5.59. The molecule has 2 nitrogen and oxygen atoms in total. The van der Waals surface area contributed by atoms with Gasteiger partial charge in [-0.3, -0.25) is 0 Å². The summed E-state index contributed by atoms with van der Waals surface area (Å²) >= 11 is 0. The van der Waals surface area contributed by atoms with Gasteiger partial charge >= 0.3 is 0 Å². The summed E-state index contributed by atoms with van der Waals surface area (Å²) < 4.78 is 0. The Labute approximate surface area is 191 Å². The third-order valence-corrected chi connectivity index (χ3v) is 6.08. The second kappa shape index (κ2) is 7.74. The number of hydrogen-bond donors (Lipinski definition) is 2.